The van der Waals surface area contributed by atoms with Crippen molar-refractivity contribution in [2.45, 2.75) is 6.54 Å². The first kappa shape index (κ1) is 11.0. The summed E-state index contributed by atoms with van der Waals surface area (Å²) in [5.41, 5.74) is -0.0508. The van der Waals surface area contributed by atoms with Crippen molar-refractivity contribution in [1.29, 1.82) is 0 Å². The number of aromatic nitrogens is 2. The van der Waals surface area contributed by atoms with Crippen molar-refractivity contribution in [3.8, 4) is 0 Å². The van der Waals surface area contributed by atoms with Crippen LogP contribution < -0.4 is 5.69 Å². The first-order chi connectivity index (χ1) is 6.74. The number of hydrogen-bond acceptors (Lipinski definition) is 3. The van der Waals surface area contributed by atoms with E-state index in [2.05, 4.69) is 9.88 Å². The van der Waals surface area contributed by atoms with Crippen molar-refractivity contribution in [2.75, 3.05) is 33.9 Å². The Morgan fingerprint density at radius 3 is 2.93 bits per heavy atom. The number of rotatable bonds is 6. The molecule has 5 nitrogen and oxygen atoms in total. The molecule has 0 radical (unpaired) electrons. The molecule has 1 heterocycles. The van der Waals surface area contributed by atoms with Crippen molar-refractivity contribution in [2.24, 2.45) is 0 Å². The molecule has 0 saturated carbocycles. The van der Waals surface area contributed by atoms with Crippen molar-refractivity contribution < 1.29 is 4.74 Å². The van der Waals surface area contributed by atoms with Gasteiger partial charge in [0, 0.05) is 39.1 Å². The summed E-state index contributed by atoms with van der Waals surface area (Å²) < 4.78 is 6.61. The van der Waals surface area contributed by atoms with E-state index in [1.807, 2.05) is 7.05 Å². The molecular weight excluding hydrogens is 182 g/mol. The predicted molar refractivity (Wildman–Crippen MR) is 54.4 cm³/mol. The third kappa shape index (κ3) is 3.35. The molecule has 5 heteroatoms. The molecule has 0 atom stereocenters. The first-order valence-electron chi connectivity index (χ1n) is 4.65. The quantitative estimate of drug-likeness (QED) is 0.687. The summed E-state index contributed by atoms with van der Waals surface area (Å²) in [4.78, 5) is 15.8. The Morgan fingerprint density at radius 2 is 2.36 bits per heavy atom. The lowest BCUT2D eigenvalue weighted by molar-refractivity contribution is 0.159. The fourth-order valence-corrected chi connectivity index (χ4v) is 1.16. The van der Waals surface area contributed by atoms with Crippen LogP contribution in [0, 0.1) is 0 Å². The lowest BCUT2D eigenvalue weighted by Gasteiger charge is -2.15. The van der Waals surface area contributed by atoms with Crippen molar-refractivity contribution in [1.82, 2.24) is 14.5 Å². The van der Waals surface area contributed by atoms with Gasteiger partial charge in [-0.05, 0) is 7.05 Å². The summed E-state index contributed by atoms with van der Waals surface area (Å²) in [7, 11) is 3.70. The van der Waals surface area contributed by atoms with Gasteiger partial charge in [-0.1, -0.05) is 0 Å². The van der Waals surface area contributed by atoms with Gasteiger partial charge in [0.05, 0.1) is 6.61 Å². The fraction of sp³-hybridized carbons (Fsp3) is 0.667. The van der Waals surface area contributed by atoms with Gasteiger partial charge in [0.25, 0.3) is 0 Å². The average Bonchev–Trinajstić information content (AvgIpc) is 2.58. The highest BCUT2D eigenvalue weighted by Gasteiger charge is 1.99. The summed E-state index contributed by atoms with van der Waals surface area (Å²) in [5.74, 6) is 0. The van der Waals surface area contributed by atoms with Gasteiger partial charge < -0.3 is 14.6 Å². The van der Waals surface area contributed by atoms with E-state index in [0.29, 0.717) is 6.54 Å². The highest BCUT2D eigenvalue weighted by Crippen LogP contribution is 1.86. The highest BCUT2D eigenvalue weighted by molar-refractivity contribution is 4.75. The molecular formula is C9H17N3O2. The largest absolute Gasteiger partial charge is 0.383 e. The van der Waals surface area contributed by atoms with E-state index in [9.17, 15) is 4.79 Å². The van der Waals surface area contributed by atoms with Gasteiger partial charge in [-0.25, -0.2) is 4.79 Å². The Bertz CT molecular complexity index is 305. The molecule has 0 bridgehead atoms. The molecule has 0 saturated heterocycles. The second kappa shape index (κ2) is 5.62. The van der Waals surface area contributed by atoms with E-state index in [4.69, 9.17) is 4.74 Å². The van der Waals surface area contributed by atoms with Crippen LogP contribution in [-0.4, -0.2) is 48.3 Å². The number of hydrogen-bond donors (Lipinski definition) is 1. The number of nitrogens with zero attached hydrogens (tertiary/aromatic N) is 2. The van der Waals surface area contributed by atoms with E-state index < -0.39 is 0 Å². The Balaban J connectivity index is 2.27. The smallest absolute Gasteiger partial charge is 0.325 e. The van der Waals surface area contributed by atoms with E-state index in [1.165, 1.54) is 0 Å². The van der Waals surface area contributed by atoms with Crippen LogP contribution in [0.15, 0.2) is 17.2 Å². The molecule has 0 aliphatic heterocycles. The first-order valence-corrected chi connectivity index (χ1v) is 4.65. The predicted octanol–water partition coefficient (Wildman–Crippen LogP) is -0.245. The summed E-state index contributed by atoms with van der Waals surface area (Å²) >= 11 is 0. The monoisotopic (exact) mass is 199 g/mol. The van der Waals surface area contributed by atoms with Crippen molar-refractivity contribution in [3.05, 3.63) is 22.9 Å². The van der Waals surface area contributed by atoms with Crippen LogP contribution >= 0.6 is 0 Å². The summed E-state index contributed by atoms with van der Waals surface area (Å²) in [6, 6.07) is 0. The number of imidazole rings is 1. The molecule has 0 aliphatic rings. The summed E-state index contributed by atoms with van der Waals surface area (Å²) in [6.07, 6.45) is 3.41. The normalized spacial score (nSPS) is 11.1. The molecule has 0 aromatic carbocycles. The molecule has 0 unspecified atom stereocenters. The molecule has 1 aromatic rings. The van der Waals surface area contributed by atoms with Gasteiger partial charge in [-0.15, -0.1) is 0 Å². The van der Waals surface area contributed by atoms with E-state index in [1.54, 1.807) is 24.1 Å². The van der Waals surface area contributed by atoms with Gasteiger partial charge in [0.1, 0.15) is 0 Å². The number of likely N-dealkylation sites (N-methyl/N-ethyl adjacent to an activating group) is 1. The number of ether oxygens (including phenoxy) is 1. The van der Waals surface area contributed by atoms with Gasteiger partial charge in [-0.3, -0.25) is 4.57 Å². The molecule has 1 N–H and O–H groups in total. The molecule has 0 fully saturated rings. The van der Waals surface area contributed by atoms with Crippen LogP contribution in [0.5, 0.6) is 0 Å². The number of methoxy groups -OCH3 is 1. The number of aromatic amines is 1. The van der Waals surface area contributed by atoms with Gasteiger partial charge in [-0.2, -0.15) is 0 Å². The van der Waals surface area contributed by atoms with E-state index in [0.717, 1.165) is 19.7 Å². The van der Waals surface area contributed by atoms with E-state index in [-0.39, 0.29) is 5.69 Å². The second-order valence-corrected chi connectivity index (χ2v) is 3.25. The minimum absolute atomic E-state index is 0.0508. The maximum Gasteiger partial charge on any atom is 0.325 e. The van der Waals surface area contributed by atoms with Crippen molar-refractivity contribution >= 4 is 0 Å². The second-order valence-electron chi connectivity index (χ2n) is 3.25. The Labute approximate surface area is 83.3 Å². The maximum absolute atomic E-state index is 11.1. The SMILES string of the molecule is COCCN(C)CCn1cc[nH]c1=O. The Kier molecular flexibility index (Phi) is 4.42. The van der Waals surface area contributed by atoms with Crippen LogP contribution in [0.3, 0.4) is 0 Å². The lowest BCUT2D eigenvalue weighted by atomic mass is 10.5. The molecule has 80 valence electrons. The van der Waals surface area contributed by atoms with Crippen LogP contribution in [0.25, 0.3) is 0 Å². The van der Waals surface area contributed by atoms with Gasteiger partial charge in [0.15, 0.2) is 0 Å². The Morgan fingerprint density at radius 1 is 1.57 bits per heavy atom. The van der Waals surface area contributed by atoms with Gasteiger partial charge in [0.2, 0.25) is 0 Å². The van der Waals surface area contributed by atoms with Crippen molar-refractivity contribution in [3.63, 3.8) is 0 Å². The number of nitrogens with one attached hydrogen (secondary N) is 1. The van der Waals surface area contributed by atoms with Crippen LogP contribution in [0.2, 0.25) is 0 Å². The topological polar surface area (TPSA) is 50.3 Å². The summed E-state index contributed by atoms with van der Waals surface area (Å²) in [5, 5.41) is 0. The third-order valence-electron chi connectivity index (χ3n) is 2.12. The molecule has 1 aromatic heterocycles. The van der Waals surface area contributed by atoms with Crippen LogP contribution in [0.1, 0.15) is 0 Å². The average molecular weight is 199 g/mol. The molecule has 0 amide bonds. The Hall–Kier alpha value is -1.07. The zero-order valence-electron chi connectivity index (χ0n) is 8.69. The number of H-pyrrole nitrogens is 1. The zero-order chi connectivity index (χ0) is 10.4. The molecule has 14 heavy (non-hydrogen) atoms. The summed E-state index contributed by atoms with van der Waals surface area (Å²) in [6.45, 7) is 3.16. The molecule has 0 spiro atoms. The minimum Gasteiger partial charge on any atom is -0.383 e. The van der Waals surface area contributed by atoms with E-state index >= 15 is 0 Å². The maximum atomic E-state index is 11.1. The molecule has 1 rings (SSSR count). The fourth-order valence-electron chi connectivity index (χ4n) is 1.16. The third-order valence-corrected chi connectivity index (χ3v) is 2.12. The van der Waals surface area contributed by atoms with Crippen LogP contribution in [0.4, 0.5) is 0 Å². The van der Waals surface area contributed by atoms with Crippen LogP contribution in [-0.2, 0) is 11.3 Å². The molecule has 0 aliphatic carbocycles. The highest BCUT2D eigenvalue weighted by atomic mass is 16.5. The zero-order valence-corrected chi connectivity index (χ0v) is 8.69. The lowest BCUT2D eigenvalue weighted by Crippen LogP contribution is -2.29. The standard InChI is InChI=1S/C9H17N3O2/c1-11(7-8-14-2)5-6-12-4-3-10-9(12)13/h3-4H,5-8H2,1-2H3,(H,10,13). The van der Waals surface area contributed by atoms with Gasteiger partial charge >= 0.3 is 5.69 Å². The minimum atomic E-state index is -0.0508.